The molecule has 2 radical (unpaired) electrons. The Hall–Kier alpha value is 3.64. The van der Waals surface area contributed by atoms with Crippen LogP contribution in [0.4, 0.5) is 0 Å². The molecule has 0 saturated carbocycles. The Balaban J connectivity index is 0.000000698. The summed E-state index contributed by atoms with van der Waals surface area (Å²) in [5, 5.41) is 0. The van der Waals surface area contributed by atoms with E-state index in [0.29, 0.717) is 0 Å². The van der Waals surface area contributed by atoms with Crippen LogP contribution in [0.1, 0.15) is 157 Å². The van der Waals surface area contributed by atoms with Crippen LogP contribution in [0, 0.1) is 16.2 Å². The van der Waals surface area contributed by atoms with E-state index in [4.69, 9.17) is 62.6 Å². The molecule has 3 rings (SSSR count). The summed E-state index contributed by atoms with van der Waals surface area (Å²) >= 11 is 28.2. The molecule has 0 aromatic heterocycles. The smallest absolute Gasteiger partial charge is 0.321 e. The molecule has 0 aromatic rings. The summed E-state index contributed by atoms with van der Waals surface area (Å²) in [5.41, 5.74) is -5.99. The van der Waals surface area contributed by atoms with Crippen LogP contribution in [0.25, 0.3) is 0 Å². The van der Waals surface area contributed by atoms with Gasteiger partial charge in [0.05, 0.1) is 39.6 Å². The van der Waals surface area contributed by atoms with Crippen LogP contribution in [0.2, 0.25) is 0 Å². The molecule has 3 aliphatic rings. The molecule has 0 unspecified atom stereocenters. The van der Waals surface area contributed by atoms with E-state index >= 15 is 0 Å². The number of hydrogen-bond donors (Lipinski definition) is 3. The van der Waals surface area contributed by atoms with Crippen molar-refractivity contribution >= 4 is 115 Å². The van der Waals surface area contributed by atoms with E-state index in [9.17, 15) is 0 Å². The molecule has 0 spiro atoms. The predicted molar refractivity (Wildman–Crippen MR) is 236 cm³/mol. The molecule has 16 heteroatoms. The number of hydrogen-bond acceptors (Lipinski definition) is 9. The molecule has 0 N–H and O–H groups in total. The fourth-order valence-corrected chi connectivity index (χ4v) is 10.9. The third-order valence-electron chi connectivity index (χ3n) is 9.57. The molecule has 0 bridgehead atoms. The molecule has 3 fully saturated rings. The van der Waals surface area contributed by atoms with Crippen LogP contribution >= 0.6 is 53.8 Å². The van der Waals surface area contributed by atoms with E-state index in [1.807, 2.05) is 0 Å². The summed E-state index contributed by atoms with van der Waals surface area (Å²) < 4.78 is 33.9. The van der Waals surface area contributed by atoms with Crippen molar-refractivity contribution < 1.29 is 27.1 Å². The zero-order valence-electron chi connectivity index (χ0n) is 31.3. The van der Waals surface area contributed by atoms with Crippen LogP contribution in [0.3, 0.4) is 0 Å². The fourth-order valence-electron chi connectivity index (χ4n) is 6.10. The fraction of sp³-hybridized carbons (Fsp3) is 1.00. The van der Waals surface area contributed by atoms with Crippen molar-refractivity contribution in [2.24, 2.45) is 16.2 Å². The third-order valence-corrected chi connectivity index (χ3v) is 16.3. The van der Waals surface area contributed by atoms with E-state index in [2.05, 4.69) is 78.3 Å². The van der Waals surface area contributed by atoms with Crippen LogP contribution in [-0.4, -0.2) is 65.8 Å². The average molecular weight is 1060 g/mol. The van der Waals surface area contributed by atoms with Gasteiger partial charge in [-0.1, -0.05) is 155 Å². The van der Waals surface area contributed by atoms with Gasteiger partial charge < -0.3 is 27.1 Å². The Labute approximate surface area is 352 Å². The van der Waals surface area contributed by atoms with Gasteiger partial charge in [-0.3, -0.25) is 0 Å². The van der Waals surface area contributed by atoms with Gasteiger partial charge in [-0.2, -0.15) is 0 Å². The van der Waals surface area contributed by atoms with Crippen LogP contribution in [0.15, 0.2) is 0 Å². The van der Waals surface area contributed by atoms with Gasteiger partial charge in [0, 0.05) is 16.2 Å². The van der Waals surface area contributed by atoms with E-state index in [0.717, 1.165) is 39.6 Å². The minimum Gasteiger partial charge on any atom is -0.321 e. The van der Waals surface area contributed by atoms with E-state index in [-0.39, 0.29) is 42.4 Å². The van der Waals surface area contributed by atoms with Gasteiger partial charge in [-0.05, 0) is 73.9 Å². The number of thiol groups is 3. The Morgan fingerprint density at radius 1 is 0.388 bits per heavy atom. The van der Waals surface area contributed by atoms with Crippen LogP contribution in [0.5, 0.6) is 0 Å². The molecule has 3 aliphatic heterocycles. The van der Waals surface area contributed by atoms with E-state index in [1.54, 1.807) is 0 Å². The van der Waals surface area contributed by atoms with Crippen molar-refractivity contribution in [3.63, 3.8) is 0 Å². The Bertz CT molecular complexity index is 840. The Kier molecular flexibility index (Phi) is 29.3. The molecule has 49 heavy (non-hydrogen) atoms. The van der Waals surface area contributed by atoms with Gasteiger partial charge in [0.25, 0.3) is 0 Å². The van der Waals surface area contributed by atoms with Gasteiger partial charge in [-0.15, -0.1) is 0 Å². The van der Waals surface area contributed by atoms with Gasteiger partial charge in [0.15, 0.2) is 0 Å². The summed E-state index contributed by atoms with van der Waals surface area (Å²) in [6.45, 7) is 17.8. The summed E-state index contributed by atoms with van der Waals surface area (Å²) in [4.78, 5) is 0. The summed E-state index contributed by atoms with van der Waals surface area (Å²) in [6.07, 6.45) is 21.9. The zero-order valence-corrected chi connectivity index (χ0v) is 42.6. The second-order valence-corrected chi connectivity index (χ2v) is 30.0. The standard InChI is InChI=1S/3C11H23O2PS2.Bi/c3*1-3-5-7-11(8-6-4-2)9-12-14(15,16)13-10-11;/h3*3-10H2,1-2H3,(H,15,16);/q;;;+3. The third kappa shape index (κ3) is 22.2. The van der Waals surface area contributed by atoms with Crippen molar-refractivity contribution in [3.8, 4) is 0 Å². The second kappa shape index (κ2) is 27.3. The Morgan fingerprint density at radius 3 is 0.653 bits per heavy atom. The van der Waals surface area contributed by atoms with Crippen molar-refractivity contribution in [2.45, 2.75) is 157 Å². The molecular formula is C33H69BiO6P3S6+3. The summed E-state index contributed by atoms with van der Waals surface area (Å²) in [5.74, 6) is 0. The molecule has 0 amide bonds. The first kappa shape index (κ1) is 52.6. The molecular weight excluding hydrogens is 987 g/mol. The molecule has 6 nitrogen and oxygen atoms in total. The molecule has 0 aliphatic carbocycles. The molecule has 0 aromatic carbocycles. The van der Waals surface area contributed by atoms with E-state index in [1.165, 1.54) is 116 Å². The van der Waals surface area contributed by atoms with Crippen molar-refractivity contribution in [1.82, 2.24) is 0 Å². The van der Waals surface area contributed by atoms with Crippen molar-refractivity contribution in [2.75, 3.05) is 39.6 Å². The SMILES string of the molecule is CCCCC1(CCCC)COP(=S)(S)OC1.CCCCC1(CCCC)COP(=S)(S)OC1.CCCCC1(CCCC)COP(=S)(S)OC1.[Bi+3]. The maximum atomic E-state index is 5.64. The quantitative estimate of drug-likeness (QED) is 0.0708. The molecule has 3 saturated heterocycles. The van der Waals surface area contributed by atoms with Gasteiger partial charge in [0.1, 0.15) is 0 Å². The van der Waals surface area contributed by atoms with Gasteiger partial charge >= 0.3 is 26.2 Å². The maximum Gasteiger partial charge on any atom is 3.00 e. The van der Waals surface area contributed by atoms with E-state index < -0.39 is 17.1 Å². The number of unbranched alkanes of at least 4 members (excludes halogenated alkanes) is 6. The topological polar surface area (TPSA) is 55.4 Å². The summed E-state index contributed by atoms with van der Waals surface area (Å²) in [6, 6.07) is 0. The minimum absolute atomic E-state index is 0. The first-order chi connectivity index (χ1) is 22.6. The summed E-state index contributed by atoms with van der Waals surface area (Å²) in [7, 11) is 0. The predicted octanol–water partition coefficient (Wildman–Crippen LogP) is 13.3. The van der Waals surface area contributed by atoms with Crippen LogP contribution < -0.4 is 0 Å². The first-order valence-electron chi connectivity index (χ1n) is 18.5. The first-order valence-corrected chi connectivity index (χ1v) is 29.8. The van der Waals surface area contributed by atoms with Gasteiger partial charge in [0.2, 0.25) is 17.1 Å². The number of rotatable bonds is 18. The monoisotopic (exact) mass is 1060 g/mol. The maximum absolute atomic E-state index is 5.64. The minimum atomic E-state index is -2.20. The molecule has 3 heterocycles. The second-order valence-electron chi connectivity index (χ2n) is 14.2. The normalized spacial score (nSPS) is 22.7. The van der Waals surface area contributed by atoms with Crippen molar-refractivity contribution in [1.29, 1.82) is 0 Å². The van der Waals surface area contributed by atoms with Crippen LogP contribution in [-0.2, 0) is 62.6 Å². The largest absolute Gasteiger partial charge is 3.00 e. The molecule has 290 valence electrons. The zero-order chi connectivity index (χ0) is 36.2. The van der Waals surface area contributed by atoms with Gasteiger partial charge in [-0.25, -0.2) is 0 Å². The molecule has 0 atom stereocenters. The average Bonchev–Trinajstić information content (AvgIpc) is 3.06. The van der Waals surface area contributed by atoms with Crippen molar-refractivity contribution in [3.05, 3.63) is 0 Å². The Morgan fingerprint density at radius 2 is 0.531 bits per heavy atom.